The third-order valence-corrected chi connectivity index (χ3v) is 4.88. The van der Waals surface area contributed by atoms with Gasteiger partial charge < -0.3 is 15.0 Å². The number of carbonyl (C=O) groups is 1. The molecule has 0 bridgehead atoms. The number of rotatable bonds is 6. The molecule has 7 heteroatoms. The molecule has 1 amide bonds. The van der Waals surface area contributed by atoms with Crippen molar-refractivity contribution in [3.8, 4) is 5.75 Å². The van der Waals surface area contributed by atoms with Gasteiger partial charge in [0.15, 0.2) is 0 Å². The van der Waals surface area contributed by atoms with Crippen molar-refractivity contribution >= 4 is 17.4 Å². The van der Waals surface area contributed by atoms with Gasteiger partial charge in [0.05, 0.1) is 13.7 Å². The Balaban J connectivity index is 1.53. The van der Waals surface area contributed by atoms with Crippen molar-refractivity contribution in [1.29, 1.82) is 0 Å². The number of hydrogen-bond acceptors (Lipinski definition) is 6. The van der Waals surface area contributed by atoms with E-state index >= 15 is 0 Å². The molecule has 0 atom stereocenters. The van der Waals surface area contributed by atoms with Gasteiger partial charge in [0.1, 0.15) is 17.9 Å². The number of nitrogens with zero attached hydrogens (tertiary/aromatic N) is 4. The highest BCUT2D eigenvalue weighted by Gasteiger charge is 2.22. The Labute approximate surface area is 160 Å². The molecule has 7 nitrogen and oxygen atoms in total. The van der Waals surface area contributed by atoms with E-state index in [1.165, 1.54) is 5.56 Å². The van der Waals surface area contributed by atoms with E-state index in [9.17, 15) is 4.79 Å². The second kappa shape index (κ2) is 8.81. The lowest BCUT2D eigenvalue weighted by atomic mass is 10.1. The molecule has 0 spiro atoms. The predicted octanol–water partition coefficient (Wildman–Crippen LogP) is 2.12. The molecule has 144 valence electrons. The number of carbonyl (C=O) groups excluding carboxylic acids is 1. The maximum Gasteiger partial charge on any atom is 0.238 e. The average Bonchev–Trinajstić information content (AvgIpc) is 2.68. The molecule has 1 fully saturated rings. The summed E-state index contributed by atoms with van der Waals surface area (Å²) in [7, 11) is 1.61. The van der Waals surface area contributed by atoms with Crippen LogP contribution in [0.25, 0.3) is 0 Å². The highest BCUT2D eigenvalue weighted by atomic mass is 16.5. The van der Waals surface area contributed by atoms with Crippen molar-refractivity contribution in [1.82, 2.24) is 14.9 Å². The molecule has 1 aliphatic rings. The van der Waals surface area contributed by atoms with Gasteiger partial charge in [-0.2, -0.15) is 0 Å². The number of aromatic nitrogens is 2. The highest BCUT2D eigenvalue weighted by Crippen LogP contribution is 2.21. The summed E-state index contributed by atoms with van der Waals surface area (Å²) in [5.74, 6) is 1.75. The summed E-state index contributed by atoms with van der Waals surface area (Å²) >= 11 is 0. The minimum Gasteiger partial charge on any atom is -0.497 e. The van der Waals surface area contributed by atoms with Crippen LogP contribution in [-0.4, -0.2) is 60.6 Å². The van der Waals surface area contributed by atoms with E-state index in [0.29, 0.717) is 6.54 Å². The van der Waals surface area contributed by atoms with Crippen LogP contribution < -0.4 is 15.0 Å². The summed E-state index contributed by atoms with van der Waals surface area (Å²) < 4.78 is 5.19. The molecule has 0 radical (unpaired) electrons. The molecule has 3 rings (SSSR count). The maximum absolute atomic E-state index is 12.3. The van der Waals surface area contributed by atoms with Gasteiger partial charge in [-0.25, -0.2) is 9.97 Å². The minimum absolute atomic E-state index is 0.0103. The Morgan fingerprint density at radius 3 is 2.70 bits per heavy atom. The zero-order valence-electron chi connectivity index (χ0n) is 16.2. The van der Waals surface area contributed by atoms with Crippen LogP contribution in [0.1, 0.15) is 18.2 Å². The Bertz CT molecular complexity index is 788. The van der Waals surface area contributed by atoms with Gasteiger partial charge in [-0.1, -0.05) is 13.0 Å². The van der Waals surface area contributed by atoms with Crippen molar-refractivity contribution in [2.24, 2.45) is 0 Å². The number of ether oxygens (including phenoxy) is 1. The largest absolute Gasteiger partial charge is 0.497 e. The quantitative estimate of drug-likeness (QED) is 0.841. The second-order valence-corrected chi connectivity index (χ2v) is 6.66. The van der Waals surface area contributed by atoms with Gasteiger partial charge in [0.25, 0.3) is 0 Å². The number of benzene rings is 1. The van der Waals surface area contributed by atoms with Crippen LogP contribution in [0.4, 0.5) is 11.5 Å². The molecule has 0 unspecified atom stereocenters. The highest BCUT2D eigenvalue weighted by molar-refractivity contribution is 5.92. The fraction of sp³-hybridized carbons (Fsp3) is 0.450. The summed E-state index contributed by atoms with van der Waals surface area (Å²) in [6, 6.07) is 7.40. The number of amides is 1. The van der Waals surface area contributed by atoms with Gasteiger partial charge in [0, 0.05) is 49.2 Å². The van der Waals surface area contributed by atoms with Crippen molar-refractivity contribution in [3.05, 3.63) is 41.9 Å². The number of aryl methyl sites for hydroxylation is 1. The van der Waals surface area contributed by atoms with Crippen LogP contribution in [0, 0.1) is 6.92 Å². The first-order valence-electron chi connectivity index (χ1n) is 9.32. The maximum atomic E-state index is 12.3. The van der Waals surface area contributed by atoms with Crippen LogP contribution in [-0.2, 0) is 11.2 Å². The first kappa shape index (κ1) is 19.1. The van der Waals surface area contributed by atoms with Crippen molar-refractivity contribution in [2.75, 3.05) is 50.1 Å². The number of piperazine rings is 1. The Kier molecular flexibility index (Phi) is 6.24. The third kappa shape index (κ3) is 4.74. The van der Waals surface area contributed by atoms with Gasteiger partial charge in [-0.15, -0.1) is 0 Å². The van der Waals surface area contributed by atoms with E-state index in [2.05, 4.69) is 32.0 Å². The van der Waals surface area contributed by atoms with Gasteiger partial charge >= 0.3 is 0 Å². The lowest BCUT2D eigenvalue weighted by Gasteiger charge is -2.35. The molecular formula is C20H27N5O2. The summed E-state index contributed by atoms with van der Waals surface area (Å²) in [4.78, 5) is 25.6. The monoisotopic (exact) mass is 369 g/mol. The number of methoxy groups -OCH3 is 1. The first-order chi connectivity index (χ1) is 13.1. The topological polar surface area (TPSA) is 70.6 Å². The van der Waals surface area contributed by atoms with Crippen LogP contribution in [0.2, 0.25) is 0 Å². The molecule has 1 aromatic carbocycles. The third-order valence-electron chi connectivity index (χ3n) is 4.88. The summed E-state index contributed by atoms with van der Waals surface area (Å²) in [6.07, 6.45) is 2.56. The predicted molar refractivity (Wildman–Crippen MR) is 106 cm³/mol. The van der Waals surface area contributed by atoms with Gasteiger partial charge in [-0.3, -0.25) is 9.69 Å². The zero-order chi connectivity index (χ0) is 19.2. The lowest BCUT2D eigenvalue weighted by Crippen LogP contribution is -2.49. The molecule has 1 N–H and O–H groups in total. The fourth-order valence-electron chi connectivity index (χ4n) is 3.40. The van der Waals surface area contributed by atoms with Crippen molar-refractivity contribution in [3.63, 3.8) is 0 Å². The van der Waals surface area contributed by atoms with E-state index < -0.39 is 0 Å². The smallest absolute Gasteiger partial charge is 0.238 e. The fourth-order valence-corrected chi connectivity index (χ4v) is 3.40. The second-order valence-electron chi connectivity index (χ2n) is 6.66. The normalized spacial score (nSPS) is 14.9. The van der Waals surface area contributed by atoms with Crippen LogP contribution >= 0.6 is 0 Å². The lowest BCUT2D eigenvalue weighted by molar-refractivity contribution is -0.117. The van der Waals surface area contributed by atoms with E-state index in [0.717, 1.165) is 55.5 Å². The summed E-state index contributed by atoms with van der Waals surface area (Å²) in [6.45, 7) is 7.92. The molecule has 1 aromatic heterocycles. The van der Waals surface area contributed by atoms with E-state index in [1.54, 1.807) is 13.4 Å². The number of nitrogens with one attached hydrogen (secondary N) is 1. The Morgan fingerprint density at radius 1 is 1.22 bits per heavy atom. The van der Waals surface area contributed by atoms with Crippen LogP contribution in [0.3, 0.4) is 0 Å². The van der Waals surface area contributed by atoms with E-state index in [4.69, 9.17) is 4.74 Å². The van der Waals surface area contributed by atoms with Crippen molar-refractivity contribution < 1.29 is 9.53 Å². The molecular weight excluding hydrogens is 342 g/mol. The van der Waals surface area contributed by atoms with Gasteiger partial charge in [0.2, 0.25) is 5.91 Å². The first-order valence-corrected chi connectivity index (χ1v) is 9.32. The molecule has 2 heterocycles. The number of hydrogen-bond donors (Lipinski definition) is 1. The molecule has 1 saturated heterocycles. The molecule has 27 heavy (non-hydrogen) atoms. The van der Waals surface area contributed by atoms with Crippen molar-refractivity contribution in [2.45, 2.75) is 20.3 Å². The zero-order valence-corrected chi connectivity index (χ0v) is 16.2. The Hall–Kier alpha value is -2.67. The average molecular weight is 369 g/mol. The summed E-state index contributed by atoms with van der Waals surface area (Å²) in [5.41, 5.74) is 3.01. The number of anilines is 2. The molecule has 1 aliphatic heterocycles. The van der Waals surface area contributed by atoms with Crippen LogP contribution in [0.5, 0.6) is 5.75 Å². The van der Waals surface area contributed by atoms with Crippen LogP contribution in [0.15, 0.2) is 30.6 Å². The molecule has 2 aromatic rings. The summed E-state index contributed by atoms with van der Waals surface area (Å²) in [5, 5.41) is 2.94. The van der Waals surface area contributed by atoms with E-state index in [1.807, 2.05) is 31.2 Å². The molecule has 0 aliphatic carbocycles. The standard InChI is InChI=1S/C20H27N5O2/c1-4-18-15(2)21-14-22-20(18)25-10-8-24(9-11-25)13-19(26)23-16-6-5-7-17(12-16)27-3/h5-7,12,14H,4,8-11,13H2,1-3H3,(H,23,26). The van der Waals surface area contributed by atoms with Gasteiger partial charge in [-0.05, 0) is 25.5 Å². The molecule has 0 saturated carbocycles. The Morgan fingerprint density at radius 2 is 2.00 bits per heavy atom. The minimum atomic E-state index is -0.0103. The SMILES string of the molecule is CCc1c(C)ncnc1N1CCN(CC(=O)Nc2cccc(OC)c2)CC1. The van der Waals surface area contributed by atoms with E-state index in [-0.39, 0.29) is 5.91 Å².